The predicted octanol–water partition coefficient (Wildman–Crippen LogP) is 6.83. The average Bonchev–Trinajstić information content (AvgIpc) is 3.29. The fourth-order valence-electron chi connectivity index (χ4n) is 6.88. The van der Waals surface area contributed by atoms with Crippen molar-refractivity contribution in [2.24, 2.45) is 22.7 Å². The molecule has 0 aliphatic heterocycles. The van der Waals surface area contributed by atoms with Crippen LogP contribution in [-0.2, 0) is 27.3 Å². The summed E-state index contributed by atoms with van der Waals surface area (Å²) in [6.07, 6.45) is 8.36. The lowest BCUT2D eigenvalue weighted by molar-refractivity contribution is -0.168. The number of rotatable bonds is 7. The second kappa shape index (κ2) is 10.0. The Kier molecular flexibility index (Phi) is 7.25. The Morgan fingerprint density at radius 1 is 1.14 bits per heavy atom. The van der Waals surface area contributed by atoms with Crippen LogP contribution in [-0.4, -0.2) is 19.0 Å². The monoisotopic (exact) mass is 478 g/mol. The van der Waals surface area contributed by atoms with E-state index in [0.717, 1.165) is 56.1 Å². The summed E-state index contributed by atoms with van der Waals surface area (Å²) >= 11 is 0. The first kappa shape index (κ1) is 25.3. The van der Waals surface area contributed by atoms with Gasteiger partial charge in [-0.1, -0.05) is 43.2 Å². The van der Waals surface area contributed by atoms with Crippen molar-refractivity contribution in [3.8, 4) is 0 Å². The molecule has 2 saturated carbocycles. The molecule has 2 aliphatic carbocycles. The molecule has 2 aliphatic rings. The second-order valence-electron chi connectivity index (χ2n) is 10.9. The van der Waals surface area contributed by atoms with E-state index < -0.39 is 5.41 Å². The van der Waals surface area contributed by atoms with E-state index in [1.165, 1.54) is 12.7 Å². The number of ether oxygens (including phenoxy) is 2. The van der Waals surface area contributed by atoms with Gasteiger partial charge in [-0.3, -0.25) is 4.79 Å². The van der Waals surface area contributed by atoms with Gasteiger partial charge < -0.3 is 13.9 Å². The molecule has 0 radical (unpaired) electrons. The van der Waals surface area contributed by atoms with Gasteiger partial charge in [-0.25, -0.2) is 4.79 Å². The molecule has 1 heterocycles. The first-order valence-corrected chi connectivity index (χ1v) is 12.7. The molecule has 0 unspecified atom stereocenters. The number of hydrogen-bond donors (Lipinski definition) is 0. The standard InChI is InChI=1S/C30H38O5/c1-20-7-10-23(11-8-20)27(31)35-19-25-22(15-18-34-25)12-13-24-21(2)9-14-26-29(24,3)16-6-17-30(26,4)28(32)33-5/h7-8,10-11,15,18,24,26H,2,6,9,12-14,16-17,19H2,1,3-5H3/t24-,26+,29+,30+/m0/s1. The fraction of sp³-hybridized carbons (Fsp3) is 0.533. The van der Waals surface area contributed by atoms with Crippen molar-refractivity contribution >= 4 is 11.9 Å². The third-order valence-electron chi connectivity index (χ3n) is 8.83. The summed E-state index contributed by atoms with van der Waals surface area (Å²) in [5.74, 6) is 0.867. The van der Waals surface area contributed by atoms with E-state index in [0.29, 0.717) is 17.2 Å². The van der Waals surface area contributed by atoms with E-state index in [-0.39, 0.29) is 29.9 Å². The molecule has 5 heteroatoms. The van der Waals surface area contributed by atoms with Gasteiger partial charge in [-0.15, -0.1) is 0 Å². The highest BCUT2D eigenvalue weighted by Crippen LogP contribution is 2.62. The molecule has 4 atom stereocenters. The molecule has 1 aromatic carbocycles. The quantitative estimate of drug-likeness (QED) is 0.322. The van der Waals surface area contributed by atoms with Crippen LogP contribution in [0.2, 0.25) is 0 Å². The van der Waals surface area contributed by atoms with Gasteiger partial charge in [0.1, 0.15) is 12.4 Å². The van der Waals surface area contributed by atoms with Crippen LogP contribution < -0.4 is 0 Å². The Morgan fingerprint density at radius 3 is 2.60 bits per heavy atom. The highest BCUT2D eigenvalue weighted by molar-refractivity contribution is 5.89. The Balaban J connectivity index is 1.44. The van der Waals surface area contributed by atoms with Crippen LogP contribution in [0.25, 0.3) is 0 Å². The molecule has 4 rings (SSSR count). The lowest BCUT2D eigenvalue weighted by Crippen LogP contribution is -2.53. The molecule has 2 fully saturated rings. The summed E-state index contributed by atoms with van der Waals surface area (Å²) in [6, 6.07) is 9.32. The van der Waals surface area contributed by atoms with Crippen molar-refractivity contribution in [2.45, 2.75) is 72.3 Å². The maximum atomic E-state index is 12.8. The van der Waals surface area contributed by atoms with Crippen LogP contribution in [0.15, 0.2) is 53.2 Å². The molecular weight excluding hydrogens is 440 g/mol. The van der Waals surface area contributed by atoms with Crippen LogP contribution in [0.3, 0.4) is 0 Å². The van der Waals surface area contributed by atoms with Crippen molar-refractivity contribution in [1.82, 2.24) is 0 Å². The zero-order valence-corrected chi connectivity index (χ0v) is 21.5. The number of esters is 2. The fourth-order valence-corrected chi connectivity index (χ4v) is 6.88. The van der Waals surface area contributed by atoms with Crippen molar-refractivity contribution in [1.29, 1.82) is 0 Å². The van der Waals surface area contributed by atoms with E-state index in [9.17, 15) is 9.59 Å². The van der Waals surface area contributed by atoms with Gasteiger partial charge in [0.15, 0.2) is 0 Å². The van der Waals surface area contributed by atoms with Gasteiger partial charge in [-0.2, -0.15) is 0 Å². The van der Waals surface area contributed by atoms with E-state index in [1.807, 2.05) is 25.1 Å². The summed E-state index contributed by atoms with van der Waals surface area (Å²) in [7, 11) is 1.50. The summed E-state index contributed by atoms with van der Waals surface area (Å²) in [5, 5.41) is 0. The summed E-state index contributed by atoms with van der Waals surface area (Å²) in [5.41, 5.74) is 3.55. The molecule has 188 valence electrons. The third-order valence-corrected chi connectivity index (χ3v) is 8.83. The van der Waals surface area contributed by atoms with Crippen LogP contribution in [0.4, 0.5) is 0 Å². The van der Waals surface area contributed by atoms with Crippen LogP contribution in [0.1, 0.15) is 79.6 Å². The molecule has 0 amide bonds. The molecule has 5 nitrogen and oxygen atoms in total. The predicted molar refractivity (Wildman–Crippen MR) is 135 cm³/mol. The number of benzene rings is 1. The summed E-state index contributed by atoms with van der Waals surface area (Å²) in [6.45, 7) is 11.0. The third kappa shape index (κ3) is 4.82. The molecule has 1 aromatic heterocycles. The number of carbonyl (C=O) groups excluding carboxylic acids is 2. The Morgan fingerprint density at radius 2 is 1.89 bits per heavy atom. The number of hydrogen-bond acceptors (Lipinski definition) is 5. The zero-order chi connectivity index (χ0) is 25.2. The molecule has 0 N–H and O–H groups in total. The zero-order valence-electron chi connectivity index (χ0n) is 21.5. The SMILES string of the molecule is C=C1CC[C@@H]2[C@](C)(CCC[C@@]2(C)C(=O)OC)[C@H]1CCc1ccoc1COC(=O)c1ccc(C)cc1. The van der Waals surface area contributed by atoms with E-state index in [4.69, 9.17) is 13.9 Å². The number of furan rings is 1. The maximum absolute atomic E-state index is 12.8. The van der Waals surface area contributed by atoms with Gasteiger partial charge in [0.05, 0.1) is 24.4 Å². The Bertz CT molecular complexity index is 1080. The minimum Gasteiger partial charge on any atom is -0.469 e. The molecule has 0 bridgehead atoms. The van der Waals surface area contributed by atoms with Crippen LogP contribution in [0, 0.1) is 29.6 Å². The van der Waals surface area contributed by atoms with Crippen LogP contribution in [0.5, 0.6) is 0 Å². The Hall–Kier alpha value is -2.82. The van der Waals surface area contributed by atoms with Gasteiger partial charge in [0, 0.05) is 0 Å². The number of fused-ring (bicyclic) bond motifs is 1. The molecule has 0 saturated heterocycles. The number of allylic oxidation sites excluding steroid dienone is 1. The largest absolute Gasteiger partial charge is 0.469 e. The minimum atomic E-state index is -0.439. The first-order valence-electron chi connectivity index (χ1n) is 12.7. The number of aryl methyl sites for hydroxylation is 2. The van der Waals surface area contributed by atoms with Crippen molar-refractivity contribution in [2.75, 3.05) is 7.11 Å². The highest BCUT2D eigenvalue weighted by Gasteiger charge is 2.57. The van der Waals surface area contributed by atoms with Crippen molar-refractivity contribution in [3.05, 3.63) is 71.2 Å². The molecular formula is C30H38O5. The summed E-state index contributed by atoms with van der Waals surface area (Å²) in [4.78, 5) is 25.2. The maximum Gasteiger partial charge on any atom is 0.338 e. The lowest BCUT2D eigenvalue weighted by Gasteiger charge is -2.57. The van der Waals surface area contributed by atoms with E-state index in [1.54, 1.807) is 18.4 Å². The van der Waals surface area contributed by atoms with Gasteiger partial charge in [0.2, 0.25) is 0 Å². The molecule has 35 heavy (non-hydrogen) atoms. The average molecular weight is 479 g/mol. The van der Waals surface area contributed by atoms with Crippen molar-refractivity contribution in [3.63, 3.8) is 0 Å². The highest BCUT2D eigenvalue weighted by atomic mass is 16.5. The lowest BCUT2D eigenvalue weighted by atomic mass is 9.46. The van der Waals surface area contributed by atoms with Gasteiger partial charge >= 0.3 is 11.9 Å². The molecule has 2 aromatic rings. The van der Waals surface area contributed by atoms with E-state index in [2.05, 4.69) is 20.4 Å². The second-order valence-corrected chi connectivity index (χ2v) is 10.9. The number of carbonyl (C=O) groups is 2. The Labute approximate surface area is 208 Å². The molecule has 0 spiro atoms. The number of methoxy groups -OCH3 is 1. The van der Waals surface area contributed by atoms with Crippen molar-refractivity contribution < 1.29 is 23.5 Å². The summed E-state index contributed by atoms with van der Waals surface area (Å²) < 4.78 is 16.5. The topological polar surface area (TPSA) is 65.7 Å². The van der Waals surface area contributed by atoms with Crippen LogP contribution >= 0.6 is 0 Å². The normalized spacial score (nSPS) is 28.3. The minimum absolute atomic E-state index is 0.0122. The van der Waals surface area contributed by atoms with E-state index >= 15 is 0 Å². The van der Waals surface area contributed by atoms with Gasteiger partial charge in [-0.05, 0) is 93.4 Å². The van der Waals surface area contributed by atoms with Gasteiger partial charge in [0.25, 0.3) is 0 Å². The smallest absolute Gasteiger partial charge is 0.338 e. The first-order chi connectivity index (χ1) is 16.7.